The molecule has 0 heterocycles. The molecule has 0 amide bonds. The van der Waals surface area contributed by atoms with Crippen molar-refractivity contribution in [2.75, 3.05) is 13.2 Å². The Bertz CT molecular complexity index is 560. The molecular weight excluding hydrogens is 334 g/mol. The highest BCUT2D eigenvalue weighted by Crippen LogP contribution is 2.52. The zero-order chi connectivity index (χ0) is 17.5. The number of alkyl halides is 2. The quantitative estimate of drug-likeness (QED) is 0.576. The maximum absolute atomic E-state index is 13.1. The summed E-state index contributed by atoms with van der Waals surface area (Å²) in [5.74, 6) is -1.64. The lowest BCUT2D eigenvalue weighted by Gasteiger charge is -2.49. The van der Waals surface area contributed by atoms with Crippen LogP contribution < -0.4 is 0 Å². The van der Waals surface area contributed by atoms with Crippen molar-refractivity contribution in [3.8, 4) is 0 Å². The summed E-state index contributed by atoms with van der Waals surface area (Å²) in [4.78, 5) is 11.2. The first-order valence-corrected chi connectivity index (χ1v) is 9.06. The molecule has 2 aliphatic carbocycles. The highest BCUT2D eigenvalue weighted by Gasteiger charge is 2.54. The maximum Gasteiger partial charge on any atom is 0.465 e. The van der Waals surface area contributed by atoms with Crippen molar-refractivity contribution < 1.29 is 36.4 Å². The van der Waals surface area contributed by atoms with Crippen LogP contribution in [0, 0.1) is 23.2 Å². The lowest BCUT2D eigenvalue weighted by molar-refractivity contribution is -0.164. The van der Waals surface area contributed by atoms with Crippen LogP contribution in [0.15, 0.2) is 0 Å². The first-order chi connectivity index (χ1) is 10.5. The molecule has 2 N–H and O–H groups in total. The average Bonchev–Trinajstić information content (AvgIpc) is 2.42. The fourth-order valence-electron chi connectivity index (χ4n) is 4.39. The van der Waals surface area contributed by atoms with Crippen LogP contribution >= 0.6 is 0 Å². The van der Waals surface area contributed by atoms with Crippen LogP contribution in [-0.2, 0) is 19.6 Å². The zero-order valence-electron chi connectivity index (χ0n) is 12.9. The molecule has 23 heavy (non-hydrogen) atoms. The second-order valence-corrected chi connectivity index (χ2v) is 8.63. The van der Waals surface area contributed by atoms with Crippen LogP contribution in [0.2, 0.25) is 0 Å². The normalized spacial score (nSPS) is 34.9. The van der Waals surface area contributed by atoms with Gasteiger partial charge in [0.25, 0.3) is 0 Å². The van der Waals surface area contributed by atoms with Crippen LogP contribution in [0.3, 0.4) is 0 Å². The van der Waals surface area contributed by atoms with Crippen molar-refractivity contribution in [2.45, 2.75) is 44.3 Å². The van der Waals surface area contributed by atoms with Crippen LogP contribution in [0.25, 0.3) is 0 Å². The van der Waals surface area contributed by atoms with E-state index in [0.717, 1.165) is 19.3 Å². The molecular formula is C14H22F2O6S. The van der Waals surface area contributed by atoms with Gasteiger partial charge in [-0.05, 0) is 55.3 Å². The molecule has 9 heteroatoms. The summed E-state index contributed by atoms with van der Waals surface area (Å²) in [5, 5.41) is 4.74. The number of fused-ring (bicyclic) bond motifs is 2. The van der Waals surface area contributed by atoms with Gasteiger partial charge in [-0.3, -0.25) is 4.55 Å². The van der Waals surface area contributed by atoms with E-state index < -0.39 is 21.3 Å². The largest absolute Gasteiger partial charge is 0.465 e. The van der Waals surface area contributed by atoms with Crippen molar-refractivity contribution in [1.82, 2.24) is 0 Å². The second kappa shape index (κ2) is 6.25. The first-order valence-electron chi connectivity index (χ1n) is 7.62. The Hall–Kier alpha value is -0.800. The van der Waals surface area contributed by atoms with Crippen LogP contribution in [-0.4, -0.2) is 42.5 Å². The van der Waals surface area contributed by atoms with Gasteiger partial charge >= 0.3 is 21.3 Å². The summed E-state index contributed by atoms with van der Waals surface area (Å²) in [6.45, 7) is 1.78. The number of hydrogen-bond donors (Lipinski definition) is 2. The lowest BCUT2D eigenvalue weighted by Crippen LogP contribution is -2.44. The van der Waals surface area contributed by atoms with Gasteiger partial charge in [0.2, 0.25) is 0 Å². The van der Waals surface area contributed by atoms with E-state index in [1.807, 2.05) is 0 Å². The fourth-order valence-corrected chi connectivity index (χ4v) is 4.66. The smallest absolute Gasteiger partial charge is 0.460 e. The molecule has 0 aromatic heterocycles. The summed E-state index contributed by atoms with van der Waals surface area (Å²) in [6, 6.07) is 0. The molecule has 0 spiro atoms. The number of aliphatic hydroxyl groups excluding tert-OH is 1. The number of ether oxygens (including phenoxy) is 1. The van der Waals surface area contributed by atoms with Gasteiger partial charge in [-0.2, -0.15) is 17.2 Å². The molecule has 2 bridgehead atoms. The van der Waals surface area contributed by atoms with E-state index in [1.54, 1.807) is 0 Å². The van der Waals surface area contributed by atoms with E-state index in [4.69, 9.17) is 4.55 Å². The van der Waals surface area contributed by atoms with Gasteiger partial charge in [0.1, 0.15) is 0 Å². The first kappa shape index (κ1) is 18.5. The molecule has 2 rings (SSSR count). The Morgan fingerprint density at radius 2 is 1.96 bits per heavy atom. The molecule has 0 aromatic carbocycles. The van der Waals surface area contributed by atoms with E-state index in [2.05, 4.69) is 11.7 Å². The standard InChI is InChI=1S/C14H22F2O6S/c1-9-2-10-3-11(6-13(4-9,5-10)8-17)7-22-12(18)14(15,16)23(19,20)21/h9-11,17H,2-8H2,1H3,(H,19,20,21). The topological polar surface area (TPSA) is 101 Å². The van der Waals surface area contributed by atoms with E-state index in [-0.39, 0.29) is 24.5 Å². The molecule has 4 atom stereocenters. The number of esters is 1. The van der Waals surface area contributed by atoms with E-state index >= 15 is 0 Å². The molecule has 2 aliphatic rings. The maximum atomic E-state index is 13.1. The SMILES string of the molecule is CC1CC2CC(COC(=O)C(F)(F)S(=O)(=O)O)CC(CO)(C1)C2. The summed E-state index contributed by atoms with van der Waals surface area (Å²) >= 11 is 0. The third-order valence-corrected chi connectivity index (χ3v) is 5.79. The van der Waals surface area contributed by atoms with Crippen LogP contribution in [0.5, 0.6) is 0 Å². The molecule has 2 fully saturated rings. The zero-order valence-corrected chi connectivity index (χ0v) is 13.7. The highest BCUT2D eigenvalue weighted by atomic mass is 32.2. The van der Waals surface area contributed by atoms with Gasteiger partial charge in [-0.1, -0.05) is 6.92 Å². The number of aliphatic hydroxyl groups is 1. The summed E-state index contributed by atoms with van der Waals surface area (Å²) < 4.78 is 60.1. The molecule has 2 saturated carbocycles. The molecule has 6 nitrogen and oxygen atoms in total. The predicted octanol–water partition coefficient (Wildman–Crippen LogP) is 1.84. The van der Waals surface area contributed by atoms with Gasteiger partial charge < -0.3 is 9.84 Å². The Balaban J connectivity index is 1.98. The predicted molar refractivity (Wildman–Crippen MR) is 76.2 cm³/mol. The van der Waals surface area contributed by atoms with Gasteiger partial charge in [0, 0.05) is 6.61 Å². The summed E-state index contributed by atoms with van der Waals surface area (Å²) in [7, 11) is -5.84. The number of carbonyl (C=O) groups excluding carboxylic acids is 1. The van der Waals surface area contributed by atoms with Crippen molar-refractivity contribution in [2.24, 2.45) is 23.2 Å². The number of rotatable bonds is 5. The van der Waals surface area contributed by atoms with Crippen molar-refractivity contribution in [1.29, 1.82) is 0 Å². The molecule has 0 radical (unpaired) electrons. The molecule has 0 aliphatic heterocycles. The number of halogens is 2. The van der Waals surface area contributed by atoms with E-state index in [9.17, 15) is 27.1 Å². The van der Waals surface area contributed by atoms with Gasteiger partial charge in [0.05, 0.1) is 6.61 Å². The minimum Gasteiger partial charge on any atom is -0.460 e. The lowest BCUT2D eigenvalue weighted by atomic mass is 9.57. The van der Waals surface area contributed by atoms with Crippen molar-refractivity contribution in [3.05, 3.63) is 0 Å². The third-order valence-electron chi connectivity index (χ3n) is 4.97. The second-order valence-electron chi connectivity index (χ2n) is 7.17. The molecule has 4 unspecified atom stereocenters. The molecule has 0 saturated heterocycles. The Morgan fingerprint density at radius 1 is 1.30 bits per heavy atom. The Labute approximate surface area is 134 Å². The number of hydrogen-bond acceptors (Lipinski definition) is 5. The summed E-state index contributed by atoms with van der Waals surface area (Å²) in [6.07, 6.45) is 3.93. The van der Waals surface area contributed by atoms with Gasteiger partial charge in [-0.25, -0.2) is 4.79 Å². The van der Waals surface area contributed by atoms with Crippen LogP contribution in [0.4, 0.5) is 8.78 Å². The van der Waals surface area contributed by atoms with E-state index in [0.29, 0.717) is 24.7 Å². The Morgan fingerprint density at radius 3 is 2.52 bits per heavy atom. The number of carbonyl (C=O) groups is 1. The van der Waals surface area contributed by atoms with Gasteiger partial charge in [0.15, 0.2) is 0 Å². The summed E-state index contributed by atoms with van der Waals surface area (Å²) in [5.41, 5.74) is -0.275. The van der Waals surface area contributed by atoms with Crippen molar-refractivity contribution in [3.63, 3.8) is 0 Å². The minimum atomic E-state index is -5.84. The van der Waals surface area contributed by atoms with Crippen molar-refractivity contribution >= 4 is 16.1 Å². The average molecular weight is 356 g/mol. The monoisotopic (exact) mass is 356 g/mol. The van der Waals surface area contributed by atoms with Crippen LogP contribution in [0.1, 0.15) is 39.0 Å². The minimum absolute atomic E-state index is 0.000530. The molecule has 0 aromatic rings. The third kappa shape index (κ3) is 3.83. The highest BCUT2D eigenvalue weighted by molar-refractivity contribution is 7.87. The Kier molecular flexibility index (Phi) is 5.04. The fraction of sp³-hybridized carbons (Fsp3) is 0.929. The van der Waals surface area contributed by atoms with Gasteiger partial charge in [-0.15, -0.1) is 0 Å². The van der Waals surface area contributed by atoms with E-state index in [1.165, 1.54) is 0 Å². The molecule has 134 valence electrons.